The van der Waals surface area contributed by atoms with Crippen LogP contribution >= 0.6 is 0 Å². The number of nitrogens with zero attached hydrogens (tertiary/aromatic N) is 1. The van der Waals surface area contributed by atoms with Crippen molar-refractivity contribution in [1.82, 2.24) is 0 Å². The van der Waals surface area contributed by atoms with Crippen molar-refractivity contribution >= 4 is 5.71 Å². The highest BCUT2D eigenvalue weighted by Crippen LogP contribution is 2.25. The lowest BCUT2D eigenvalue weighted by Crippen LogP contribution is -2.19. The largest absolute Gasteiger partial charge is 0.429 e. The zero-order valence-corrected chi connectivity index (χ0v) is 9.16. The molecule has 0 aromatic rings. The van der Waals surface area contributed by atoms with Gasteiger partial charge >= 0.3 is 6.18 Å². The average molecular weight is 207 g/mol. The number of hydrogen-bond acceptors (Lipinski definition) is 1. The SMILES string of the molecule is C/C(=C\N=C(/C)C(F)(F)F)C(C)(C)C. The summed E-state index contributed by atoms with van der Waals surface area (Å²) in [5, 5.41) is 0. The Hall–Kier alpha value is -0.800. The lowest BCUT2D eigenvalue weighted by Gasteiger charge is -2.18. The van der Waals surface area contributed by atoms with Crippen molar-refractivity contribution in [2.75, 3.05) is 0 Å². The van der Waals surface area contributed by atoms with Crippen LogP contribution in [0.4, 0.5) is 13.2 Å². The summed E-state index contributed by atoms with van der Waals surface area (Å²) in [6, 6.07) is 0. The van der Waals surface area contributed by atoms with E-state index in [1.54, 1.807) is 6.92 Å². The smallest absolute Gasteiger partial charge is 0.257 e. The first-order valence-electron chi connectivity index (χ1n) is 4.34. The van der Waals surface area contributed by atoms with Crippen molar-refractivity contribution in [1.29, 1.82) is 0 Å². The molecule has 0 aromatic heterocycles. The van der Waals surface area contributed by atoms with Crippen LogP contribution in [0.1, 0.15) is 34.6 Å². The Balaban J connectivity index is 4.73. The summed E-state index contributed by atoms with van der Waals surface area (Å²) in [6.07, 6.45) is -3.04. The Morgan fingerprint density at radius 2 is 1.50 bits per heavy atom. The van der Waals surface area contributed by atoms with Crippen LogP contribution in [0.2, 0.25) is 0 Å². The minimum absolute atomic E-state index is 0.143. The van der Waals surface area contributed by atoms with E-state index in [9.17, 15) is 13.2 Å². The van der Waals surface area contributed by atoms with E-state index in [2.05, 4.69) is 4.99 Å². The Bertz CT molecular complexity index is 226. The summed E-state index contributed by atoms with van der Waals surface area (Å²) in [5.41, 5.74) is -0.141. The molecule has 0 bridgehead atoms. The standard InChI is InChI=1S/C10H16F3N/c1-7(9(3,4)5)6-14-8(2)10(11,12)13/h6H,1-5H3/b7-6+,14-8+. The van der Waals surface area contributed by atoms with Crippen molar-refractivity contribution in [3.63, 3.8) is 0 Å². The third-order valence-electron chi connectivity index (χ3n) is 2.05. The number of rotatable bonds is 1. The van der Waals surface area contributed by atoms with Crippen LogP contribution in [0.25, 0.3) is 0 Å². The number of hydrogen-bond donors (Lipinski definition) is 0. The molecule has 0 aliphatic heterocycles. The van der Waals surface area contributed by atoms with Gasteiger partial charge in [-0.15, -0.1) is 0 Å². The topological polar surface area (TPSA) is 12.4 Å². The van der Waals surface area contributed by atoms with E-state index in [-0.39, 0.29) is 5.41 Å². The van der Waals surface area contributed by atoms with Gasteiger partial charge in [0.2, 0.25) is 0 Å². The van der Waals surface area contributed by atoms with Gasteiger partial charge in [-0.25, -0.2) is 0 Å². The van der Waals surface area contributed by atoms with Gasteiger partial charge in [0.25, 0.3) is 0 Å². The highest BCUT2D eigenvalue weighted by atomic mass is 19.4. The Morgan fingerprint density at radius 1 is 1.07 bits per heavy atom. The number of aliphatic imine (C=N–C) groups is 1. The lowest BCUT2D eigenvalue weighted by atomic mass is 9.88. The van der Waals surface area contributed by atoms with Crippen LogP contribution in [0, 0.1) is 5.41 Å². The van der Waals surface area contributed by atoms with Gasteiger partial charge in [-0.3, -0.25) is 4.99 Å². The molecular formula is C10H16F3N. The van der Waals surface area contributed by atoms with Crippen molar-refractivity contribution in [3.8, 4) is 0 Å². The molecule has 0 aliphatic carbocycles. The molecule has 0 fully saturated rings. The summed E-state index contributed by atoms with van der Waals surface area (Å²) in [6.45, 7) is 8.52. The molecule has 0 unspecified atom stereocenters. The molecule has 4 heteroatoms. The van der Waals surface area contributed by atoms with Crippen LogP contribution < -0.4 is 0 Å². The van der Waals surface area contributed by atoms with E-state index in [0.717, 1.165) is 12.5 Å². The minimum atomic E-state index is -4.32. The van der Waals surface area contributed by atoms with Gasteiger partial charge in [0.1, 0.15) is 5.71 Å². The van der Waals surface area contributed by atoms with Crippen LogP contribution in [-0.4, -0.2) is 11.9 Å². The lowest BCUT2D eigenvalue weighted by molar-refractivity contribution is -0.0591. The Morgan fingerprint density at radius 3 is 1.79 bits per heavy atom. The molecule has 0 atom stereocenters. The molecule has 1 nitrogen and oxygen atoms in total. The maximum Gasteiger partial charge on any atom is 0.429 e. The molecule has 0 N–H and O–H groups in total. The minimum Gasteiger partial charge on any atom is -0.257 e. The van der Waals surface area contributed by atoms with Crippen molar-refractivity contribution in [3.05, 3.63) is 11.8 Å². The van der Waals surface area contributed by atoms with E-state index in [0.29, 0.717) is 0 Å². The zero-order valence-electron chi connectivity index (χ0n) is 9.16. The number of halogens is 3. The molecule has 0 rings (SSSR count). The fourth-order valence-electron chi connectivity index (χ4n) is 0.460. The summed E-state index contributed by atoms with van der Waals surface area (Å²) >= 11 is 0. The normalized spacial score (nSPS) is 16.0. The van der Waals surface area contributed by atoms with Crippen LogP contribution in [-0.2, 0) is 0 Å². The van der Waals surface area contributed by atoms with Crippen molar-refractivity contribution in [2.24, 2.45) is 10.4 Å². The van der Waals surface area contributed by atoms with Gasteiger partial charge in [0.05, 0.1) is 0 Å². The van der Waals surface area contributed by atoms with Gasteiger partial charge in [-0.1, -0.05) is 20.8 Å². The molecule has 0 aromatic carbocycles. The second kappa shape index (κ2) is 4.15. The zero-order chi connectivity index (χ0) is 11.6. The maximum atomic E-state index is 12.0. The van der Waals surface area contributed by atoms with Gasteiger partial charge in [-0.05, 0) is 24.8 Å². The Kier molecular flexibility index (Phi) is 3.91. The van der Waals surface area contributed by atoms with Crippen molar-refractivity contribution in [2.45, 2.75) is 40.8 Å². The quantitative estimate of drug-likeness (QED) is 0.577. The van der Waals surface area contributed by atoms with E-state index in [4.69, 9.17) is 0 Å². The summed E-state index contributed by atoms with van der Waals surface area (Å²) in [7, 11) is 0. The van der Waals surface area contributed by atoms with Gasteiger partial charge in [-0.2, -0.15) is 13.2 Å². The van der Waals surface area contributed by atoms with E-state index in [1.807, 2.05) is 20.8 Å². The molecule has 0 amide bonds. The molecule has 0 radical (unpaired) electrons. The average Bonchev–Trinajstić information content (AvgIpc) is 1.95. The first-order chi connectivity index (χ1) is 6.05. The third kappa shape index (κ3) is 4.44. The molecule has 0 saturated heterocycles. The first-order valence-corrected chi connectivity index (χ1v) is 4.34. The molecular weight excluding hydrogens is 191 g/mol. The molecule has 0 aliphatic rings. The molecule has 82 valence electrons. The highest BCUT2D eigenvalue weighted by molar-refractivity contribution is 5.87. The van der Waals surface area contributed by atoms with Gasteiger partial charge in [0.15, 0.2) is 0 Å². The van der Waals surface area contributed by atoms with Crippen LogP contribution in [0.3, 0.4) is 0 Å². The third-order valence-corrected chi connectivity index (χ3v) is 2.05. The number of allylic oxidation sites excluding steroid dienone is 1. The van der Waals surface area contributed by atoms with Crippen molar-refractivity contribution < 1.29 is 13.2 Å². The fourth-order valence-corrected chi connectivity index (χ4v) is 0.460. The maximum absolute atomic E-state index is 12.0. The second-order valence-electron chi connectivity index (χ2n) is 4.27. The van der Waals surface area contributed by atoms with E-state index < -0.39 is 11.9 Å². The predicted octanol–water partition coefficient (Wildman–Crippen LogP) is 3.96. The highest BCUT2D eigenvalue weighted by Gasteiger charge is 2.31. The summed E-state index contributed by atoms with van der Waals surface area (Å²) in [4.78, 5) is 3.39. The first kappa shape index (κ1) is 13.2. The molecule has 0 spiro atoms. The van der Waals surface area contributed by atoms with Crippen LogP contribution in [0.15, 0.2) is 16.8 Å². The fraction of sp³-hybridized carbons (Fsp3) is 0.700. The van der Waals surface area contributed by atoms with Gasteiger partial charge < -0.3 is 0 Å². The van der Waals surface area contributed by atoms with E-state index in [1.165, 1.54) is 6.20 Å². The predicted molar refractivity (Wildman–Crippen MR) is 52.4 cm³/mol. The van der Waals surface area contributed by atoms with Gasteiger partial charge in [0, 0.05) is 6.20 Å². The second-order valence-corrected chi connectivity index (χ2v) is 4.27. The molecule has 14 heavy (non-hydrogen) atoms. The molecule has 0 heterocycles. The summed E-state index contributed by atoms with van der Waals surface area (Å²) in [5.74, 6) is 0. The monoisotopic (exact) mass is 207 g/mol. The molecule has 0 saturated carbocycles. The van der Waals surface area contributed by atoms with Crippen LogP contribution in [0.5, 0.6) is 0 Å². The number of alkyl halides is 3. The Labute approximate surface area is 82.7 Å². The van der Waals surface area contributed by atoms with E-state index >= 15 is 0 Å². The summed E-state index contributed by atoms with van der Waals surface area (Å²) < 4.78 is 36.1.